The van der Waals surface area contributed by atoms with Gasteiger partial charge >= 0.3 is 5.97 Å². The van der Waals surface area contributed by atoms with Gasteiger partial charge in [0, 0.05) is 13.0 Å². The second-order valence-electron chi connectivity index (χ2n) is 9.36. The van der Waals surface area contributed by atoms with Crippen molar-refractivity contribution in [3.63, 3.8) is 0 Å². The molecule has 5 N–H and O–H groups in total. The highest BCUT2D eigenvalue weighted by molar-refractivity contribution is 7.98. The average Bonchev–Trinajstić information content (AvgIpc) is 3.31. The predicted octanol–water partition coefficient (Wildman–Crippen LogP) is 1.40. The highest BCUT2D eigenvalue weighted by atomic mass is 32.2. The van der Waals surface area contributed by atoms with Gasteiger partial charge < -0.3 is 26.4 Å². The lowest BCUT2D eigenvalue weighted by Crippen LogP contribution is -2.57. The summed E-state index contributed by atoms with van der Waals surface area (Å²) in [6.07, 6.45) is 4.02. The van der Waals surface area contributed by atoms with Gasteiger partial charge in [0.1, 0.15) is 18.1 Å². The number of rotatable bonds is 13. The molecule has 0 saturated carbocycles. The molecular formula is C25H38N4O5S. The van der Waals surface area contributed by atoms with Gasteiger partial charge in [0.15, 0.2) is 0 Å². The Labute approximate surface area is 211 Å². The molecule has 0 aromatic heterocycles. The van der Waals surface area contributed by atoms with Crippen molar-refractivity contribution in [1.29, 1.82) is 0 Å². The summed E-state index contributed by atoms with van der Waals surface area (Å²) in [5.74, 6) is -1.55. The van der Waals surface area contributed by atoms with Crippen molar-refractivity contribution in [2.75, 3.05) is 18.6 Å². The maximum absolute atomic E-state index is 13.6. The zero-order valence-corrected chi connectivity index (χ0v) is 21.6. The topological polar surface area (TPSA) is 142 Å². The molecule has 194 valence electrons. The fourth-order valence-corrected chi connectivity index (χ4v) is 4.66. The number of nitrogens with one attached hydrogen (secondary N) is 2. The van der Waals surface area contributed by atoms with E-state index < -0.39 is 42.0 Å². The molecular weight excluding hydrogens is 468 g/mol. The van der Waals surface area contributed by atoms with Crippen molar-refractivity contribution in [3.05, 3.63) is 35.9 Å². The minimum absolute atomic E-state index is 0.0819. The number of benzene rings is 1. The summed E-state index contributed by atoms with van der Waals surface area (Å²) in [6.45, 7) is 4.13. The van der Waals surface area contributed by atoms with Crippen molar-refractivity contribution in [2.45, 2.75) is 70.1 Å². The van der Waals surface area contributed by atoms with Gasteiger partial charge in [0.25, 0.3) is 0 Å². The lowest BCUT2D eigenvalue weighted by Gasteiger charge is -2.30. The molecule has 3 amide bonds. The Morgan fingerprint density at radius 1 is 1.14 bits per heavy atom. The van der Waals surface area contributed by atoms with Crippen LogP contribution in [0, 0.1) is 5.92 Å². The van der Waals surface area contributed by atoms with E-state index in [-0.39, 0.29) is 18.2 Å². The third kappa shape index (κ3) is 8.85. The number of nitrogens with zero attached hydrogens (tertiary/aromatic N) is 1. The third-order valence-corrected chi connectivity index (χ3v) is 6.67. The zero-order valence-electron chi connectivity index (χ0n) is 20.7. The number of thioether (sulfide) groups is 1. The summed E-state index contributed by atoms with van der Waals surface area (Å²) in [5, 5.41) is 14.9. The lowest BCUT2D eigenvalue weighted by atomic mass is 10.0. The molecule has 4 unspecified atom stereocenters. The second kappa shape index (κ2) is 14.1. The first-order valence-corrected chi connectivity index (χ1v) is 13.5. The molecule has 1 aliphatic heterocycles. The highest BCUT2D eigenvalue weighted by Gasteiger charge is 2.39. The molecule has 35 heavy (non-hydrogen) atoms. The summed E-state index contributed by atoms with van der Waals surface area (Å²) in [6, 6.07) is 5.91. The summed E-state index contributed by atoms with van der Waals surface area (Å²) in [4.78, 5) is 52.4. The number of amides is 3. The van der Waals surface area contributed by atoms with Crippen molar-refractivity contribution >= 4 is 35.5 Å². The number of aliphatic carboxylic acids is 1. The number of carboxylic acid groups (broad SMARTS) is 1. The van der Waals surface area contributed by atoms with Crippen LogP contribution in [0.25, 0.3) is 0 Å². The van der Waals surface area contributed by atoms with Crippen molar-refractivity contribution < 1.29 is 24.3 Å². The summed E-state index contributed by atoms with van der Waals surface area (Å²) in [7, 11) is 0. The minimum atomic E-state index is -1.10. The van der Waals surface area contributed by atoms with E-state index in [1.165, 1.54) is 4.90 Å². The minimum Gasteiger partial charge on any atom is -0.480 e. The van der Waals surface area contributed by atoms with Crippen LogP contribution in [0.2, 0.25) is 0 Å². The lowest BCUT2D eigenvalue weighted by molar-refractivity contribution is -0.145. The summed E-state index contributed by atoms with van der Waals surface area (Å²) in [5.41, 5.74) is 6.89. The molecule has 1 aliphatic rings. The maximum Gasteiger partial charge on any atom is 0.326 e. The van der Waals surface area contributed by atoms with Crippen LogP contribution in [-0.2, 0) is 25.6 Å². The van der Waals surface area contributed by atoms with Gasteiger partial charge in [-0.05, 0) is 49.2 Å². The number of hydrogen-bond acceptors (Lipinski definition) is 6. The molecule has 9 nitrogen and oxygen atoms in total. The van der Waals surface area contributed by atoms with Gasteiger partial charge in [-0.25, -0.2) is 4.79 Å². The first kappa shape index (κ1) is 28.6. The molecule has 10 heteroatoms. The monoisotopic (exact) mass is 506 g/mol. The van der Waals surface area contributed by atoms with Crippen molar-refractivity contribution in [3.8, 4) is 0 Å². The molecule has 4 atom stereocenters. The van der Waals surface area contributed by atoms with Crippen LogP contribution in [0.15, 0.2) is 30.3 Å². The number of likely N-dealkylation sites (tertiary alicyclic amines) is 1. The fraction of sp³-hybridized carbons (Fsp3) is 0.600. The molecule has 2 rings (SSSR count). The van der Waals surface area contributed by atoms with Crippen LogP contribution in [0.1, 0.15) is 45.1 Å². The Balaban J connectivity index is 2.18. The normalized spacial score (nSPS) is 18.1. The standard InChI is InChI=1S/C25H38N4O5S/c1-16(2)14-20(25(33)34)28-23(31)21-10-7-12-29(21)24(32)19(15-17-8-5-4-6-9-17)27-22(30)18(26)11-13-35-3/h4-6,8-9,16,18-21H,7,10-15,26H2,1-3H3,(H,27,30)(H,28,31)(H,33,34). The molecule has 1 fully saturated rings. The molecule has 1 aromatic rings. The predicted molar refractivity (Wildman–Crippen MR) is 137 cm³/mol. The summed E-state index contributed by atoms with van der Waals surface area (Å²) < 4.78 is 0. The van der Waals surface area contributed by atoms with Crippen LogP contribution in [0.3, 0.4) is 0 Å². The largest absolute Gasteiger partial charge is 0.480 e. The van der Waals surface area contributed by atoms with Gasteiger partial charge in [-0.1, -0.05) is 44.2 Å². The number of carbonyl (C=O) groups excluding carboxylic acids is 3. The van der Waals surface area contributed by atoms with E-state index in [0.29, 0.717) is 32.2 Å². The van der Waals surface area contributed by atoms with E-state index in [1.54, 1.807) is 11.8 Å². The van der Waals surface area contributed by atoms with E-state index in [0.717, 1.165) is 11.3 Å². The van der Waals surface area contributed by atoms with Crippen LogP contribution in [0.5, 0.6) is 0 Å². The molecule has 1 saturated heterocycles. The maximum atomic E-state index is 13.6. The molecule has 0 bridgehead atoms. The van der Waals surface area contributed by atoms with Gasteiger partial charge in [-0.3, -0.25) is 14.4 Å². The van der Waals surface area contributed by atoms with Gasteiger partial charge in [-0.2, -0.15) is 11.8 Å². The second-order valence-corrected chi connectivity index (χ2v) is 10.3. The number of hydrogen-bond donors (Lipinski definition) is 4. The summed E-state index contributed by atoms with van der Waals surface area (Å²) >= 11 is 1.59. The van der Waals surface area contributed by atoms with Crippen LogP contribution in [0.4, 0.5) is 0 Å². The molecule has 0 spiro atoms. The first-order chi connectivity index (χ1) is 16.6. The fourth-order valence-electron chi connectivity index (χ4n) is 4.17. The van der Waals surface area contributed by atoms with Gasteiger partial charge in [-0.15, -0.1) is 0 Å². The Morgan fingerprint density at radius 3 is 2.43 bits per heavy atom. The van der Waals surface area contributed by atoms with E-state index in [1.807, 2.05) is 50.4 Å². The quantitative estimate of drug-likeness (QED) is 0.317. The Morgan fingerprint density at radius 2 is 1.83 bits per heavy atom. The number of carboxylic acids is 1. The molecule has 1 aromatic carbocycles. The molecule has 0 radical (unpaired) electrons. The zero-order chi connectivity index (χ0) is 26.0. The van der Waals surface area contributed by atoms with E-state index in [2.05, 4.69) is 10.6 Å². The van der Waals surface area contributed by atoms with Crippen molar-refractivity contribution in [2.24, 2.45) is 11.7 Å². The molecule has 1 heterocycles. The van der Waals surface area contributed by atoms with Gasteiger partial charge in [0.2, 0.25) is 17.7 Å². The van der Waals surface area contributed by atoms with Crippen LogP contribution in [-0.4, -0.2) is 76.4 Å². The SMILES string of the molecule is CSCCC(N)C(=O)NC(Cc1ccccc1)C(=O)N1CCCC1C(=O)NC(CC(C)C)C(=O)O. The van der Waals surface area contributed by atoms with E-state index in [4.69, 9.17) is 5.73 Å². The Bertz CT molecular complexity index is 867. The van der Waals surface area contributed by atoms with E-state index >= 15 is 0 Å². The first-order valence-electron chi connectivity index (χ1n) is 12.1. The number of nitrogens with two attached hydrogens (primary N) is 1. The van der Waals surface area contributed by atoms with E-state index in [9.17, 15) is 24.3 Å². The highest BCUT2D eigenvalue weighted by Crippen LogP contribution is 2.20. The third-order valence-electron chi connectivity index (χ3n) is 6.03. The van der Waals surface area contributed by atoms with Crippen molar-refractivity contribution in [1.82, 2.24) is 15.5 Å². The van der Waals surface area contributed by atoms with Crippen LogP contribution < -0.4 is 16.4 Å². The Kier molecular flexibility index (Phi) is 11.5. The van der Waals surface area contributed by atoms with Gasteiger partial charge in [0.05, 0.1) is 6.04 Å². The Hall–Kier alpha value is -2.59. The molecule has 0 aliphatic carbocycles. The average molecular weight is 507 g/mol. The van der Waals surface area contributed by atoms with Crippen LogP contribution >= 0.6 is 11.8 Å². The number of carbonyl (C=O) groups is 4. The smallest absolute Gasteiger partial charge is 0.326 e.